The Morgan fingerprint density at radius 2 is 2.04 bits per heavy atom. The second kappa shape index (κ2) is 6.55. The maximum atomic E-state index is 13.2. The molecule has 126 valence electrons. The molecule has 0 aliphatic rings. The van der Waals surface area contributed by atoms with E-state index in [0.29, 0.717) is 6.54 Å². The van der Waals surface area contributed by atoms with E-state index in [-0.39, 0.29) is 34.9 Å². The Balaban J connectivity index is 2.40. The van der Waals surface area contributed by atoms with Gasteiger partial charge in [-0.1, -0.05) is 13.3 Å². The predicted octanol–water partition coefficient (Wildman–Crippen LogP) is 2.98. The van der Waals surface area contributed by atoms with Crippen LogP contribution in [0.2, 0.25) is 0 Å². The number of hydrogen-bond donors (Lipinski definition) is 1. The minimum Gasteiger partial charge on any atom is -0.354 e. The molecule has 2 rings (SSSR count). The fourth-order valence-electron chi connectivity index (χ4n) is 2.41. The first-order valence-electron chi connectivity index (χ1n) is 7.42. The Hall–Kier alpha value is -2.12. The number of hydrogen-bond acceptors (Lipinski definition) is 3. The molecule has 0 unspecified atom stereocenters. The fraction of sp³-hybridized carbons (Fsp3) is 0.533. The summed E-state index contributed by atoms with van der Waals surface area (Å²) in [6.07, 6.45) is -2.70. The van der Waals surface area contributed by atoms with Crippen LogP contribution in [0.15, 0.2) is 6.07 Å². The maximum absolute atomic E-state index is 13.2. The molecular weight excluding hydrogens is 309 g/mol. The number of nitrogens with zero attached hydrogens (tertiary/aromatic N) is 3. The van der Waals surface area contributed by atoms with Crippen LogP contribution in [0.1, 0.15) is 36.7 Å². The van der Waals surface area contributed by atoms with Crippen molar-refractivity contribution in [2.75, 3.05) is 6.54 Å². The number of rotatable bonds is 5. The van der Waals surface area contributed by atoms with Gasteiger partial charge in [0.15, 0.2) is 5.65 Å². The zero-order valence-corrected chi connectivity index (χ0v) is 13.3. The summed E-state index contributed by atoms with van der Waals surface area (Å²) in [4.78, 5) is 16.0. The maximum Gasteiger partial charge on any atom is 0.417 e. The van der Waals surface area contributed by atoms with Gasteiger partial charge in [-0.25, -0.2) is 9.67 Å². The number of carbonyl (C=O) groups is 1. The normalized spacial score (nSPS) is 11.9. The van der Waals surface area contributed by atoms with Gasteiger partial charge >= 0.3 is 6.18 Å². The van der Waals surface area contributed by atoms with E-state index in [2.05, 4.69) is 15.4 Å². The van der Waals surface area contributed by atoms with Crippen LogP contribution in [0.4, 0.5) is 13.2 Å². The van der Waals surface area contributed by atoms with E-state index in [1.54, 1.807) is 0 Å². The molecule has 0 atom stereocenters. The van der Waals surface area contributed by atoms with Crippen molar-refractivity contribution >= 4 is 16.9 Å². The Labute approximate surface area is 131 Å². The second-order valence-corrected chi connectivity index (χ2v) is 5.45. The van der Waals surface area contributed by atoms with Gasteiger partial charge in [-0.3, -0.25) is 4.79 Å². The summed E-state index contributed by atoms with van der Waals surface area (Å²) in [6, 6.07) is 1.00. The zero-order valence-electron chi connectivity index (χ0n) is 13.3. The molecule has 1 N–H and O–H groups in total. The van der Waals surface area contributed by atoms with Gasteiger partial charge in [0.25, 0.3) is 0 Å². The van der Waals surface area contributed by atoms with Crippen LogP contribution in [0, 0.1) is 13.8 Å². The van der Waals surface area contributed by atoms with Gasteiger partial charge in [0.2, 0.25) is 5.91 Å². The number of aryl methyl sites for hydroxylation is 2. The number of aromatic nitrogens is 3. The first-order chi connectivity index (χ1) is 10.7. The van der Waals surface area contributed by atoms with Crippen molar-refractivity contribution in [1.82, 2.24) is 20.1 Å². The standard InChI is InChI=1S/C15H19F3N4O/c1-4-5-6-19-12(23)8-22-14-13(10(3)21-22)11(15(16,17)18)7-9(2)20-14/h7H,4-6,8H2,1-3H3,(H,19,23). The van der Waals surface area contributed by atoms with E-state index in [9.17, 15) is 18.0 Å². The van der Waals surface area contributed by atoms with Crippen LogP contribution >= 0.6 is 0 Å². The average Bonchev–Trinajstić information content (AvgIpc) is 2.73. The monoisotopic (exact) mass is 328 g/mol. The minimum atomic E-state index is -4.49. The number of pyridine rings is 1. The third kappa shape index (κ3) is 3.80. The summed E-state index contributed by atoms with van der Waals surface area (Å²) < 4.78 is 40.9. The van der Waals surface area contributed by atoms with Gasteiger partial charge in [-0.15, -0.1) is 0 Å². The first kappa shape index (κ1) is 17.2. The van der Waals surface area contributed by atoms with Crippen LogP contribution in [-0.2, 0) is 17.5 Å². The van der Waals surface area contributed by atoms with Crippen molar-refractivity contribution in [3.8, 4) is 0 Å². The number of carbonyl (C=O) groups excluding carboxylic acids is 1. The topological polar surface area (TPSA) is 59.8 Å². The summed E-state index contributed by atoms with van der Waals surface area (Å²) in [6.45, 7) is 5.36. The van der Waals surface area contributed by atoms with Crippen LogP contribution in [0.25, 0.3) is 11.0 Å². The van der Waals surface area contributed by atoms with E-state index in [0.717, 1.165) is 18.9 Å². The lowest BCUT2D eigenvalue weighted by molar-refractivity contribution is -0.136. The molecule has 1 amide bonds. The molecule has 0 radical (unpaired) electrons. The summed E-state index contributed by atoms with van der Waals surface area (Å²) in [5, 5.41) is 6.73. The summed E-state index contributed by atoms with van der Waals surface area (Å²) in [7, 11) is 0. The van der Waals surface area contributed by atoms with E-state index in [1.165, 1.54) is 18.5 Å². The van der Waals surface area contributed by atoms with Crippen molar-refractivity contribution in [2.24, 2.45) is 0 Å². The number of unbranched alkanes of at least 4 members (excludes halogenated alkanes) is 1. The molecule has 2 aromatic heterocycles. The van der Waals surface area contributed by atoms with Crippen LogP contribution in [0.3, 0.4) is 0 Å². The van der Waals surface area contributed by atoms with Crippen molar-refractivity contribution in [3.63, 3.8) is 0 Å². The highest BCUT2D eigenvalue weighted by Gasteiger charge is 2.35. The van der Waals surface area contributed by atoms with Crippen LogP contribution in [-0.4, -0.2) is 27.2 Å². The lowest BCUT2D eigenvalue weighted by atomic mass is 10.1. The zero-order chi connectivity index (χ0) is 17.2. The molecule has 8 heteroatoms. The number of fused-ring (bicyclic) bond motifs is 1. The highest BCUT2D eigenvalue weighted by atomic mass is 19.4. The van der Waals surface area contributed by atoms with Gasteiger partial charge in [0.1, 0.15) is 6.54 Å². The van der Waals surface area contributed by atoms with E-state index in [1.807, 2.05) is 6.92 Å². The highest BCUT2D eigenvalue weighted by Crippen LogP contribution is 2.36. The molecule has 23 heavy (non-hydrogen) atoms. The summed E-state index contributed by atoms with van der Waals surface area (Å²) >= 11 is 0. The molecular formula is C15H19F3N4O. The lowest BCUT2D eigenvalue weighted by Gasteiger charge is -2.10. The van der Waals surface area contributed by atoms with Crippen molar-refractivity contribution < 1.29 is 18.0 Å². The van der Waals surface area contributed by atoms with Crippen molar-refractivity contribution in [1.29, 1.82) is 0 Å². The Kier molecular flexibility index (Phi) is 4.91. The van der Waals surface area contributed by atoms with Gasteiger partial charge < -0.3 is 5.32 Å². The SMILES string of the molecule is CCCCNC(=O)Cn1nc(C)c2c(C(F)(F)F)cc(C)nc21. The van der Waals surface area contributed by atoms with Crippen molar-refractivity contribution in [3.05, 3.63) is 23.0 Å². The number of nitrogens with one attached hydrogen (secondary N) is 1. The van der Waals surface area contributed by atoms with Crippen molar-refractivity contribution in [2.45, 2.75) is 46.3 Å². The smallest absolute Gasteiger partial charge is 0.354 e. The van der Waals surface area contributed by atoms with Gasteiger partial charge in [-0.2, -0.15) is 18.3 Å². The summed E-state index contributed by atoms with van der Waals surface area (Å²) in [5.74, 6) is -0.292. The van der Waals surface area contributed by atoms with Gasteiger partial charge in [0.05, 0.1) is 16.6 Å². The number of alkyl halides is 3. The summed E-state index contributed by atoms with van der Waals surface area (Å²) in [5.41, 5.74) is -0.242. The molecule has 2 aromatic rings. The fourth-order valence-corrected chi connectivity index (χ4v) is 2.41. The molecule has 0 fully saturated rings. The van der Waals surface area contributed by atoms with Gasteiger partial charge in [-0.05, 0) is 26.3 Å². The van der Waals surface area contributed by atoms with E-state index in [4.69, 9.17) is 0 Å². The van der Waals surface area contributed by atoms with E-state index < -0.39 is 11.7 Å². The van der Waals surface area contributed by atoms with Crippen LogP contribution < -0.4 is 5.32 Å². The molecule has 0 aliphatic carbocycles. The third-order valence-corrected chi connectivity index (χ3v) is 3.46. The Bertz CT molecular complexity index is 722. The van der Waals surface area contributed by atoms with Gasteiger partial charge in [0, 0.05) is 12.2 Å². The molecule has 0 saturated carbocycles. The largest absolute Gasteiger partial charge is 0.417 e. The second-order valence-electron chi connectivity index (χ2n) is 5.45. The highest BCUT2D eigenvalue weighted by molar-refractivity contribution is 5.85. The molecule has 2 heterocycles. The third-order valence-electron chi connectivity index (χ3n) is 3.46. The molecule has 0 spiro atoms. The lowest BCUT2D eigenvalue weighted by Crippen LogP contribution is -2.28. The Morgan fingerprint density at radius 3 is 2.65 bits per heavy atom. The van der Waals surface area contributed by atoms with Crippen LogP contribution in [0.5, 0.6) is 0 Å². The molecule has 0 aromatic carbocycles. The van der Waals surface area contributed by atoms with E-state index >= 15 is 0 Å². The molecule has 0 bridgehead atoms. The molecule has 0 saturated heterocycles. The predicted molar refractivity (Wildman–Crippen MR) is 79.9 cm³/mol. The first-order valence-corrected chi connectivity index (χ1v) is 7.42. The molecule has 5 nitrogen and oxygen atoms in total. The molecule has 0 aliphatic heterocycles. The minimum absolute atomic E-state index is 0.0514. The quantitative estimate of drug-likeness (QED) is 0.859. The number of amides is 1. The number of halogens is 3. The average molecular weight is 328 g/mol. The Morgan fingerprint density at radius 1 is 1.35 bits per heavy atom.